The number of hydrogen-bond donors (Lipinski definition) is 1. The molecule has 0 aliphatic carbocycles. The number of aryl methyl sites for hydroxylation is 1. The molecule has 1 atom stereocenters. The highest BCUT2D eigenvalue weighted by Crippen LogP contribution is 2.14. The van der Waals surface area contributed by atoms with E-state index in [2.05, 4.69) is 52.1 Å². The van der Waals surface area contributed by atoms with Gasteiger partial charge < -0.3 is 10.1 Å². The number of nitrogens with zero attached hydrogens (tertiary/aromatic N) is 1. The summed E-state index contributed by atoms with van der Waals surface area (Å²) < 4.78 is 6.48. The van der Waals surface area contributed by atoms with E-state index in [1.54, 1.807) is 0 Å². The van der Waals surface area contributed by atoms with E-state index >= 15 is 0 Å². The number of carbonyl (C=O) groups is 1. The molecule has 1 amide bonds. The lowest BCUT2D eigenvalue weighted by molar-refractivity contribution is -0.121. The smallest absolute Gasteiger partial charge is 0.220 e. The first-order valence-electron chi connectivity index (χ1n) is 8.39. The molecule has 1 aliphatic heterocycles. The topological polar surface area (TPSA) is 41.6 Å². The SMILES string of the molecule is CC(C)C(CNC(=O)CCc1cccc(Br)c1)N1CCOCC1. The summed E-state index contributed by atoms with van der Waals surface area (Å²) in [4.78, 5) is 14.6. The molecule has 0 spiro atoms. The Morgan fingerprint density at radius 2 is 2.09 bits per heavy atom. The molecule has 23 heavy (non-hydrogen) atoms. The lowest BCUT2D eigenvalue weighted by atomic mass is 10.0. The fourth-order valence-corrected chi connectivity index (χ4v) is 3.40. The van der Waals surface area contributed by atoms with Crippen molar-refractivity contribution < 1.29 is 9.53 Å². The molecule has 0 saturated carbocycles. The minimum atomic E-state index is 0.129. The van der Waals surface area contributed by atoms with Crippen LogP contribution in [0.4, 0.5) is 0 Å². The van der Waals surface area contributed by atoms with Crippen LogP contribution in [0.25, 0.3) is 0 Å². The van der Waals surface area contributed by atoms with E-state index < -0.39 is 0 Å². The Balaban J connectivity index is 1.77. The van der Waals surface area contributed by atoms with Gasteiger partial charge in [-0.25, -0.2) is 0 Å². The summed E-state index contributed by atoms with van der Waals surface area (Å²) in [5.74, 6) is 0.641. The Hall–Kier alpha value is -0.910. The maximum Gasteiger partial charge on any atom is 0.220 e. The van der Waals surface area contributed by atoms with Crippen molar-refractivity contribution in [2.75, 3.05) is 32.8 Å². The normalized spacial score (nSPS) is 17.2. The van der Waals surface area contributed by atoms with Crippen molar-refractivity contribution in [1.29, 1.82) is 0 Å². The van der Waals surface area contributed by atoms with Gasteiger partial charge in [0.2, 0.25) is 5.91 Å². The summed E-state index contributed by atoms with van der Waals surface area (Å²) in [6.07, 6.45) is 1.31. The molecule has 1 N–H and O–H groups in total. The molecule has 2 rings (SSSR count). The van der Waals surface area contributed by atoms with E-state index in [9.17, 15) is 4.79 Å². The molecule has 1 saturated heterocycles. The van der Waals surface area contributed by atoms with Gasteiger partial charge in [-0.3, -0.25) is 9.69 Å². The first-order valence-corrected chi connectivity index (χ1v) is 9.18. The van der Waals surface area contributed by atoms with E-state index in [1.165, 1.54) is 5.56 Å². The molecule has 0 aromatic heterocycles. The van der Waals surface area contributed by atoms with Gasteiger partial charge in [0.1, 0.15) is 0 Å². The molecule has 1 aromatic rings. The lowest BCUT2D eigenvalue weighted by Gasteiger charge is -2.36. The molecule has 1 unspecified atom stereocenters. The van der Waals surface area contributed by atoms with Crippen molar-refractivity contribution in [2.24, 2.45) is 5.92 Å². The Bertz CT molecular complexity index is 502. The Morgan fingerprint density at radius 3 is 2.74 bits per heavy atom. The van der Waals surface area contributed by atoms with Crippen molar-refractivity contribution in [1.82, 2.24) is 10.2 Å². The summed E-state index contributed by atoms with van der Waals surface area (Å²) >= 11 is 3.46. The lowest BCUT2D eigenvalue weighted by Crippen LogP contribution is -2.51. The van der Waals surface area contributed by atoms with E-state index in [-0.39, 0.29) is 5.91 Å². The third-order valence-corrected chi connectivity index (χ3v) is 4.82. The fraction of sp³-hybridized carbons (Fsp3) is 0.611. The predicted octanol–water partition coefficient (Wildman–Crippen LogP) is 2.85. The van der Waals surface area contributed by atoms with Crippen LogP contribution in [-0.4, -0.2) is 49.7 Å². The van der Waals surface area contributed by atoms with Gasteiger partial charge in [-0.1, -0.05) is 41.9 Å². The van der Waals surface area contributed by atoms with Crippen LogP contribution in [0.2, 0.25) is 0 Å². The van der Waals surface area contributed by atoms with Crippen molar-refractivity contribution in [2.45, 2.75) is 32.7 Å². The van der Waals surface area contributed by atoms with Crippen LogP contribution in [0.1, 0.15) is 25.8 Å². The highest BCUT2D eigenvalue weighted by Gasteiger charge is 2.24. The number of rotatable bonds is 7. The molecular formula is C18H27BrN2O2. The molecule has 128 valence electrons. The number of halogens is 1. The van der Waals surface area contributed by atoms with Crippen LogP contribution < -0.4 is 5.32 Å². The molecule has 4 nitrogen and oxygen atoms in total. The van der Waals surface area contributed by atoms with Crippen LogP contribution in [0.3, 0.4) is 0 Å². The zero-order chi connectivity index (χ0) is 16.7. The summed E-state index contributed by atoms with van der Waals surface area (Å²) in [5.41, 5.74) is 1.18. The zero-order valence-electron chi connectivity index (χ0n) is 14.1. The first-order chi connectivity index (χ1) is 11.1. The van der Waals surface area contributed by atoms with Gasteiger partial charge in [-0.05, 0) is 30.0 Å². The Kier molecular flexibility index (Phi) is 7.53. The van der Waals surface area contributed by atoms with Gasteiger partial charge in [-0.2, -0.15) is 0 Å². The molecule has 5 heteroatoms. The summed E-state index contributed by atoms with van der Waals surface area (Å²) in [7, 11) is 0. The van der Waals surface area contributed by atoms with Crippen LogP contribution >= 0.6 is 15.9 Å². The molecular weight excluding hydrogens is 356 g/mol. The number of benzene rings is 1. The average molecular weight is 383 g/mol. The molecule has 0 radical (unpaired) electrons. The monoisotopic (exact) mass is 382 g/mol. The first kappa shape index (κ1) is 18.4. The minimum absolute atomic E-state index is 0.129. The van der Waals surface area contributed by atoms with Crippen molar-refractivity contribution in [3.05, 3.63) is 34.3 Å². The largest absolute Gasteiger partial charge is 0.379 e. The molecule has 1 aliphatic rings. The van der Waals surface area contributed by atoms with Crippen molar-refractivity contribution >= 4 is 21.8 Å². The molecule has 1 aromatic carbocycles. The van der Waals surface area contributed by atoms with Gasteiger partial charge >= 0.3 is 0 Å². The van der Waals surface area contributed by atoms with E-state index in [4.69, 9.17) is 4.74 Å². The number of nitrogens with one attached hydrogen (secondary N) is 1. The molecule has 1 fully saturated rings. The predicted molar refractivity (Wildman–Crippen MR) is 96.5 cm³/mol. The molecule has 0 bridgehead atoms. The van der Waals surface area contributed by atoms with Gasteiger partial charge in [0.15, 0.2) is 0 Å². The number of hydrogen-bond acceptors (Lipinski definition) is 3. The Labute approximate surface area is 147 Å². The maximum absolute atomic E-state index is 12.1. The van der Waals surface area contributed by atoms with Crippen LogP contribution in [0, 0.1) is 5.92 Å². The number of ether oxygens (including phenoxy) is 1. The second-order valence-corrected chi connectivity index (χ2v) is 7.31. The highest BCUT2D eigenvalue weighted by atomic mass is 79.9. The minimum Gasteiger partial charge on any atom is -0.379 e. The van der Waals surface area contributed by atoms with Crippen molar-refractivity contribution in [3.8, 4) is 0 Å². The number of morpholine rings is 1. The van der Waals surface area contributed by atoms with Crippen LogP contribution in [-0.2, 0) is 16.0 Å². The second-order valence-electron chi connectivity index (χ2n) is 6.39. The van der Waals surface area contributed by atoms with Crippen LogP contribution in [0.5, 0.6) is 0 Å². The van der Waals surface area contributed by atoms with Crippen LogP contribution in [0.15, 0.2) is 28.7 Å². The van der Waals surface area contributed by atoms with Gasteiger partial charge in [0.25, 0.3) is 0 Å². The number of carbonyl (C=O) groups excluding carboxylic acids is 1. The quantitative estimate of drug-likeness (QED) is 0.787. The summed E-state index contributed by atoms with van der Waals surface area (Å²) in [6.45, 7) is 8.64. The fourth-order valence-electron chi connectivity index (χ4n) is 2.95. The summed E-state index contributed by atoms with van der Waals surface area (Å²) in [5, 5.41) is 3.11. The van der Waals surface area contributed by atoms with Gasteiger partial charge in [-0.15, -0.1) is 0 Å². The van der Waals surface area contributed by atoms with E-state index in [0.29, 0.717) is 18.4 Å². The summed E-state index contributed by atoms with van der Waals surface area (Å²) in [6, 6.07) is 8.51. The van der Waals surface area contributed by atoms with Gasteiger partial charge in [0, 0.05) is 36.6 Å². The highest BCUT2D eigenvalue weighted by molar-refractivity contribution is 9.10. The third kappa shape index (κ3) is 6.24. The van der Waals surface area contributed by atoms with Crippen molar-refractivity contribution in [3.63, 3.8) is 0 Å². The van der Waals surface area contributed by atoms with E-state index in [1.807, 2.05) is 12.1 Å². The maximum atomic E-state index is 12.1. The van der Waals surface area contributed by atoms with Gasteiger partial charge in [0.05, 0.1) is 13.2 Å². The Morgan fingerprint density at radius 1 is 1.35 bits per heavy atom. The third-order valence-electron chi connectivity index (χ3n) is 4.32. The van der Waals surface area contributed by atoms with E-state index in [0.717, 1.165) is 43.7 Å². The standard InChI is InChI=1S/C18H27BrN2O2/c1-14(2)17(21-8-10-23-11-9-21)13-20-18(22)7-6-15-4-3-5-16(19)12-15/h3-5,12,14,17H,6-11,13H2,1-2H3,(H,20,22). The zero-order valence-corrected chi connectivity index (χ0v) is 15.6. The second kappa shape index (κ2) is 9.40. The average Bonchev–Trinajstić information content (AvgIpc) is 2.54. The molecule has 1 heterocycles. The number of amides is 1.